The molecule has 3 heteroatoms. The standard InChI is InChI=1S/C11H19NO2/c13-11(10-2-1-3-10)14-8-9-4-6-12-7-5-9/h9-10,12H,1-8H2. The van der Waals surface area contributed by atoms with Gasteiger partial charge in [-0.25, -0.2) is 0 Å². The number of ether oxygens (including phenoxy) is 1. The van der Waals surface area contributed by atoms with Crippen LogP contribution < -0.4 is 5.32 Å². The summed E-state index contributed by atoms with van der Waals surface area (Å²) in [6.45, 7) is 2.80. The quantitative estimate of drug-likeness (QED) is 0.694. The predicted molar refractivity (Wildman–Crippen MR) is 53.9 cm³/mol. The van der Waals surface area contributed by atoms with E-state index in [2.05, 4.69) is 5.32 Å². The minimum atomic E-state index is 0.0507. The third-order valence-corrected chi connectivity index (χ3v) is 3.36. The van der Waals surface area contributed by atoms with Crippen molar-refractivity contribution in [2.24, 2.45) is 11.8 Å². The topological polar surface area (TPSA) is 38.3 Å². The van der Waals surface area contributed by atoms with Crippen molar-refractivity contribution in [1.82, 2.24) is 5.32 Å². The summed E-state index contributed by atoms with van der Waals surface area (Å²) in [5.74, 6) is 0.881. The SMILES string of the molecule is O=C(OCC1CCNCC1)C1CCC1. The van der Waals surface area contributed by atoms with Gasteiger partial charge < -0.3 is 10.1 Å². The molecular weight excluding hydrogens is 178 g/mol. The number of carbonyl (C=O) groups is 1. The number of carbonyl (C=O) groups excluding carboxylic acids is 1. The second-order valence-electron chi connectivity index (χ2n) is 4.45. The lowest BCUT2D eigenvalue weighted by Gasteiger charge is -2.26. The Morgan fingerprint density at radius 3 is 2.50 bits per heavy atom. The lowest BCUT2D eigenvalue weighted by molar-refractivity contribution is -0.153. The normalized spacial score (nSPS) is 24.3. The number of nitrogens with one attached hydrogen (secondary N) is 1. The predicted octanol–water partition coefficient (Wildman–Crippen LogP) is 1.33. The van der Waals surface area contributed by atoms with Gasteiger partial charge in [0.2, 0.25) is 0 Å². The highest BCUT2D eigenvalue weighted by Gasteiger charge is 2.27. The Morgan fingerprint density at radius 2 is 1.93 bits per heavy atom. The summed E-state index contributed by atoms with van der Waals surface area (Å²) < 4.78 is 5.32. The molecule has 0 unspecified atom stereocenters. The molecule has 0 bridgehead atoms. The fraction of sp³-hybridized carbons (Fsp3) is 0.909. The van der Waals surface area contributed by atoms with Gasteiger partial charge in [0.25, 0.3) is 0 Å². The maximum absolute atomic E-state index is 11.4. The zero-order valence-corrected chi connectivity index (χ0v) is 8.63. The maximum atomic E-state index is 11.4. The molecule has 0 radical (unpaired) electrons. The Bertz CT molecular complexity index is 195. The first-order valence-electron chi connectivity index (χ1n) is 5.73. The van der Waals surface area contributed by atoms with Crippen LogP contribution in [0.5, 0.6) is 0 Å². The molecule has 2 fully saturated rings. The molecule has 1 saturated heterocycles. The number of rotatable bonds is 3. The average Bonchev–Trinajstić information content (AvgIpc) is 2.14. The van der Waals surface area contributed by atoms with E-state index in [4.69, 9.17) is 4.74 Å². The van der Waals surface area contributed by atoms with Crippen LogP contribution in [-0.4, -0.2) is 25.7 Å². The summed E-state index contributed by atoms with van der Waals surface area (Å²) in [5.41, 5.74) is 0. The minimum Gasteiger partial charge on any atom is -0.465 e. The van der Waals surface area contributed by atoms with Crippen molar-refractivity contribution in [2.75, 3.05) is 19.7 Å². The fourth-order valence-electron chi connectivity index (χ4n) is 2.01. The molecule has 1 aliphatic carbocycles. The second-order valence-corrected chi connectivity index (χ2v) is 4.45. The highest BCUT2D eigenvalue weighted by atomic mass is 16.5. The molecule has 1 heterocycles. The lowest BCUT2D eigenvalue weighted by Crippen LogP contribution is -2.32. The van der Waals surface area contributed by atoms with E-state index in [-0.39, 0.29) is 11.9 Å². The molecular formula is C11H19NO2. The van der Waals surface area contributed by atoms with Crippen molar-refractivity contribution in [3.63, 3.8) is 0 Å². The van der Waals surface area contributed by atoms with Gasteiger partial charge in [-0.2, -0.15) is 0 Å². The van der Waals surface area contributed by atoms with Crippen LogP contribution in [0.2, 0.25) is 0 Å². The van der Waals surface area contributed by atoms with E-state index in [0.29, 0.717) is 12.5 Å². The maximum Gasteiger partial charge on any atom is 0.308 e. The van der Waals surface area contributed by atoms with E-state index in [1.54, 1.807) is 0 Å². The van der Waals surface area contributed by atoms with E-state index < -0.39 is 0 Å². The largest absolute Gasteiger partial charge is 0.465 e. The first-order valence-corrected chi connectivity index (χ1v) is 5.73. The molecule has 2 aliphatic rings. The molecule has 2 rings (SSSR count). The van der Waals surface area contributed by atoms with Crippen molar-refractivity contribution < 1.29 is 9.53 Å². The molecule has 1 aliphatic heterocycles. The highest BCUT2D eigenvalue weighted by Crippen LogP contribution is 2.27. The van der Waals surface area contributed by atoms with E-state index in [1.165, 1.54) is 6.42 Å². The van der Waals surface area contributed by atoms with Crippen molar-refractivity contribution in [3.8, 4) is 0 Å². The van der Waals surface area contributed by atoms with Gasteiger partial charge in [-0.05, 0) is 44.7 Å². The second kappa shape index (κ2) is 4.78. The molecule has 0 aromatic heterocycles. The van der Waals surface area contributed by atoms with Gasteiger partial charge in [-0.15, -0.1) is 0 Å². The number of hydrogen-bond acceptors (Lipinski definition) is 3. The summed E-state index contributed by atoms with van der Waals surface area (Å²) >= 11 is 0. The minimum absolute atomic E-state index is 0.0507. The molecule has 0 spiro atoms. The first kappa shape index (κ1) is 9.97. The van der Waals surface area contributed by atoms with Crippen molar-refractivity contribution in [3.05, 3.63) is 0 Å². The van der Waals surface area contributed by atoms with Crippen LogP contribution in [-0.2, 0) is 9.53 Å². The van der Waals surface area contributed by atoms with Crippen molar-refractivity contribution in [1.29, 1.82) is 0 Å². The molecule has 0 amide bonds. The van der Waals surface area contributed by atoms with Crippen molar-refractivity contribution in [2.45, 2.75) is 32.1 Å². The van der Waals surface area contributed by atoms with Crippen LogP contribution in [0.15, 0.2) is 0 Å². The van der Waals surface area contributed by atoms with Gasteiger partial charge in [-0.3, -0.25) is 4.79 Å². The van der Waals surface area contributed by atoms with E-state index in [0.717, 1.165) is 38.8 Å². The molecule has 14 heavy (non-hydrogen) atoms. The van der Waals surface area contributed by atoms with Gasteiger partial charge in [-0.1, -0.05) is 6.42 Å². The molecule has 0 atom stereocenters. The van der Waals surface area contributed by atoms with Gasteiger partial charge in [0.05, 0.1) is 12.5 Å². The highest BCUT2D eigenvalue weighted by molar-refractivity contribution is 5.73. The molecule has 0 aromatic rings. The summed E-state index contributed by atoms with van der Waals surface area (Å²) in [6, 6.07) is 0. The van der Waals surface area contributed by atoms with Crippen LogP contribution in [0.25, 0.3) is 0 Å². The van der Waals surface area contributed by atoms with Gasteiger partial charge in [0, 0.05) is 0 Å². The monoisotopic (exact) mass is 197 g/mol. The first-order chi connectivity index (χ1) is 6.86. The zero-order chi connectivity index (χ0) is 9.80. The Kier molecular flexibility index (Phi) is 3.40. The molecule has 3 nitrogen and oxygen atoms in total. The molecule has 1 N–H and O–H groups in total. The lowest BCUT2D eigenvalue weighted by atomic mass is 9.85. The van der Waals surface area contributed by atoms with E-state index >= 15 is 0 Å². The molecule has 0 aromatic carbocycles. The third-order valence-electron chi connectivity index (χ3n) is 3.36. The van der Waals surface area contributed by atoms with Gasteiger partial charge in [0.1, 0.15) is 0 Å². The van der Waals surface area contributed by atoms with Crippen LogP contribution in [0.4, 0.5) is 0 Å². The average molecular weight is 197 g/mol. The third kappa shape index (κ3) is 2.47. The smallest absolute Gasteiger partial charge is 0.308 e. The Hall–Kier alpha value is -0.570. The van der Waals surface area contributed by atoms with E-state index in [1.807, 2.05) is 0 Å². The molecule has 80 valence electrons. The summed E-state index contributed by atoms with van der Waals surface area (Å²) in [6.07, 6.45) is 5.60. The summed E-state index contributed by atoms with van der Waals surface area (Å²) in [7, 11) is 0. The van der Waals surface area contributed by atoms with Crippen LogP contribution in [0.3, 0.4) is 0 Å². The van der Waals surface area contributed by atoms with Crippen LogP contribution >= 0.6 is 0 Å². The van der Waals surface area contributed by atoms with Crippen LogP contribution in [0.1, 0.15) is 32.1 Å². The summed E-state index contributed by atoms with van der Waals surface area (Å²) in [4.78, 5) is 11.4. The van der Waals surface area contributed by atoms with Gasteiger partial charge >= 0.3 is 5.97 Å². The Labute approximate surface area is 85.2 Å². The van der Waals surface area contributed by atoms with Gasteiger partial charge in [0.15, 0.2) is 0 Å². The number of esters is 1. The fourth-order valence-corrected chi connectivity index (χ4v) is 2.01. The Balaban J connectivity index is 1.62. The molecule has 1 saturated carbocycles. The number of hydrogen-bond donors (Lipinski definition) is 1. The Morgan fingerprint density at radius 1 is 1.21 bits per heavy atom. The van der Waals surface area contributed by atoms with E-state index in [9.17, 15) is 4.79 Å². The summed E-state index contributed by atoms with van der Waals surface area (Å²) in [5, 5.41) is 3.31. The zero-order valence-electron chi connectivity index (χ0n) is 8.63. The van der Waals surface area contributed by atoms with Crippen molar-refractivity contribution >= 4 is 5.97 Å². The number of piperidine rings is 1. The van der Waals surface area contributed by atoms with Crippen LogP contribution in [0, 0.1) is 11.8 Å².